The van der Waals surface area contributed by atoms with Crippen LogP contribution in [0.4, 0.5) is 4.79 Å². The smallest absolute Gasteiger partial charge is 0.407 e. The van der Waals surface area contributed by atoms with Crippen molar-refractivity contribution in [2.45, 2.75) is 32.3 Å². The summed E-state index contributed by atoms with van der Waals surface area (Å²) >= 11 is 1.62. The van der Waals surface area contributed by atoms with Crippen molar-refractivity contribution < 1.29 is 15.0 Å². The minimum Gasteiger partial charge on any atom is -0.465 e. The van der Waals surface area contributed by atoms with Gasteiger partial charge in [-0.3, -0.25) is 0 Å². The van der Waals surface area contributed by atoms with E-state index >= 15 is 0 Å². The average Bonchev–Trinajstić information content (AvgIpc) is 2.70. The molecule has 0 atom stereocenters. The van der Waals surface area contributed by atoms with Gasteiger partial charge < -0.3 is 15.1 Å². The van der Waals surface area contributed by atoms with E-state index in [1.54, 1.807) is 11.3 Å². The minimum atomic E-state index is -0.838. The van der Waals surface area contributed by atoms with Crippen LogP contribution >= 0.6 is 11.3 Å². The lowest BCUT2D eigenvalue weighted by molar-refractivity contribution is 0.132. The number of aryl methyl sites for hydroxylation is 1. The number of aromatic nitrogens is 1. The van der Waals surface area contributed by atoms with Gasteiger partial charge in [-0.05, 0) is 19.8 Å². The van der Waals surface area contributed by atoms with E-state index in [1.165, 1.54) is 4.90 Å². The van der Waals surface area contributed by atoms with E-state index < -0.39 is 6.09 Å². The number of amides is 1. The molecular formula is C11H16N2O3S. The summed E-state index contributed by atoms with van der Waals surface area (Å²) < 4.78 is 0. The summed E-state index contributed by atoms with van der Waals surface area (Å²) in [5.74, 6) is 0.342. The third kappa shape index (κ3) is 2.58. The first-order valence-electron chi connectivity index (χ1n) is 5.66. The Morgan fingerprint density at radius 1 is 1.53 bits per heavy atom. The molecule has 0 aromatic carbocycles. The van der Waals surface area contributed by atoms with Gasteiger partial charge in [0, 0.05) is 23.9 Å². The molecule has 94 valence electrons. The maximum absolute atomic E-state index is 10.8. The van der Waals surface area contributed by atoms with E-state index in [4.69, 9.17) is 10.2 Å². The highest BCUT2D eigenvalue weighted by Gasteiger charge is 2.25. The SMILES string of the molecule is Cc1sc(C2CCN(C(=O)O)CC2)nc1CO. The van der Waals surface area contributed by atoms with Crippen molar-refractivity contribution >= 4 is 17.4 Å². The van der Waals surface area contributed by atoms with Crippen molar-refractivity contribution in [3.8, 4) is 0 Å². The third-order valence-corrected chi connectivity index (χ3v) is 4.35. The molecule has 0 radical (unpaired) electrons. The quantitative estimate of drug-likeness (QED) is 0.846. The van der Waals surface area contributed by atoms with Crippen LogP contribution in [-0.4, -0.2) is 39.3 Å². The van der Waals surface area contributed by atoms with Gasteiger partial charge >= 0.3 is 6.09 Å². The van der Waals surface area contributed by atoms with Crippen LogP contribution in [0.3, 0.4) is 0 Å². The van der Waals surface area contributed by atoms with Crippen LogP contribution in [0.2, 0.25) is 0 Å². The maximum Gasteiger partial charge on any atom is 0.407 e. The largest absolute Gasteiger partial charge is 0.465 e. The van der Waals surface area contributed by atoms with E-state index in [9.17, 15) is 4.79 Å². The van der Waals surface area contributed by atoms with Crippen LogP contribution in [0.15, 0.2) is 0 Å². The molecule has 1 aliphatic rings. The summed E-state index contributed by atoms with van der Waals surface area (Å²) in [4.78, 5) is 17.7. The van der Waals surface area contributed by atoms with Gasteiger partial charge in [-0.25, -0.2) is 9.78 Å². The highest BCUT2D eigenvalue weighted by atomic mass is 32.1. The number of hydrogen-bond donors (Lipinski definition) is 2. The van der Waals surface area contributed by atoms with Gasteiger partial charge in [-0.15, -0.1) is 11.3 Å². The summed E-state index contributed by atoms with van der Waals surface area (Å²) in [5, 5.41) is 19.0. The Morgan fingerprint density at radius 3 is 2.65 bits per heavy atom. The zero-order valence-electron chi connectivity index (χ0n) is 9.72. The lowest BCUT2D eigenvalue weighted by Gasteiger charge is -2.28. The van der Waals surface area contributed by atoms with Crippen molar-refractivity contribution in [2.75, 3.05) is 13.1 Å². The van der Waals surface area contributed by atoms with Gasteiger partial charge in [-0.1, -0.05) is 0 Å². The molecule has 2 heterocycles. The molecule has 1 saturated heterocycles. The Kier molecular flexibility index (Phi) is 3.63. The zero-order valence-corrected chi connectivity index (χ0v) is 10.5. The Hall–Kier alpha value is -1.14. The van der Waals surface area contributed by atoms with Crippen LogP contribution in [0.5, 0.6) is 0 Å². The second kappa shape index (κ2) is 5.01. The Balaban J connectivity index is 2.02. The molecule has 1 aromatic heterocycles. The molecule has 1 aromatic rings. The van der Waals surface area contributed by atoms with Gasteiger partial charge in [0.15, 0.2) is 0 Å². The first-order chi connectivity index (χ1) is 8.11. The summed E-state index contributed by atoms with van der Waals surface area (Å²) in [5.41, 5.74) is 0.755. The number of hydrogen-bond acceptors (Lipinski definition) is 4. The van der Waals surface area contributed by atoms with Crippen LogP contribution in [-0.2, 0) is 6.61 Å². The average molecular weight is 256 g/mol. The zero-order chi connectivity index (χ0) is 12.4. The molecule has 2 rings (SSSR count). The van der Waals surface area contributed by atoms with Gasteiger partial charge in [0.25, 0.3) is 0 Å². The number of rotatable bonds is 2. The first-order valence-corrected chi connectivity index (χ1v) is 6.48. The van der Waals surface area contributed by atoms with Crippen LogP contribution in [0.25, 0.3) is 0 Å². The Morgan fingerprint density at radius 2 is 2.18 bits per heavy atom. The number of aliphatic hydroxyl groups excluding tert-OH is 1. The summed E-state index contributed by atoms with van der Waals surface area (Å²) in [7, 11) is 0. The van der Waals surface area contributed by atoms with Crippen molar-refractivity contribution in [3.05, 3.63) is 15.6 Å². The summed E-state index contributed by atoms with van der Waals surface area (Å²) in [6.07, 6.45) is 0.809. The number of aliphatic hydroxyl groups is 1. The van der Waals surface area contributed by atoms with Gasteiger partial charge in [-0.2, -0.15) is 0 Å². The van der Waals surface area contributed by atoms with Crippen molar-refractivity contribution in [1.29, 1.82) is 0 Å². The maximum atomic E-state index is 10.8. The monoisotopic (exact) mass is 256 g/mol. The molecule has 5 nitrogen and oxygen atoms in total. The molecular weight excluding hydrogens is 240 g/mol. The fraction of sp³-hybridized carbons (Fsp3) is 0.636. The van der Waals surface area contributed by atoms with E-state index in [0.717, 1.165) is 28.4 Å². The number of likely N-dealkylation sites (tertiary alicyclic amines) is 1. The molecule has 0 unspecified atom stereocenters. The van der Waals surface area contributed by atoms with Crippen LogP contribution in [0, 0.1) is 6.92 Å². The molecule has 1 amide bonds. The molecule has 0 spiro atoms. The van der Waals surface area contributed by atoms with Crippen molar-refractivity contribution in [3.63, 3.8) is 0 Å². The Labute approximate surface area is 104 Å². The van der Waals surface area contributed by atoms with Crippen LogP contribution < -0.4 is 0 Å². The van der Waals surface area contributed by atoms with E-state index in [2.05, 4.69) is 4.98 Å². The number of thiazole rings is 1. The lowest BCUT2D eigenvalue weighted by atomic mass is 9.98. The number of piperidine rings is 1. The highest BCUT2D eigenvalue weighted by molar-refractivity contribution is 7.11. The van der Waals surface area contributed by atoms with E-state index in [-0.39, 0.29) is 6.61 Å². The lowest BCUT2D eigenvalue weighted by Crippen LogP contribution is -2.36. The van der Waals surface area contributed by atoms with E-state index in [0.29, 0.717) is 19.0 Å². The summed E-state index contributed by atoms with van der Waals surface area (Å²) in [6, 6.07) is 0. The van der Waals surface area contributed by atoms with Gasteiger partial charge in [0.2, 0.25) is 0 Å². The topological polar surface area (TPSA) is 73.7 Å². The third-order valence-electron chi connectivity index (χ3n) is 3.17. The highest BCUT2D eigenvalue weighted by Crippen LogP contribution is 2.32. The molecule has 6 heteroatoms. The number of carbonyl (C=O) groups is 1. The fourth-order valence-electron chi connectivity index (χ4n) is 2.09. The summed E-state index contributed by atoms with van der Waals surface area (Å²) in [6.45, 7) is 3.09. The second-order valence-corrected chi connectivity index (χ2v) is 5.49. The predicted molar refractivity (Wildman–Crippen MR) is 64.3 cm³/mol. The molecule has 1 fully saturated rings. The number of carboxylic acid groups (broad SMARTS) is 1. The minimum absolute atomic E-state index is 0.0176. The molecule has 2 N–H and O–H groups in total. The predicted octanol–water partition coefficient (Wildman–Crippen LogP) is 1.80. The van der Waals surface area contributed by atoms with E-state index in [1.807, 2.05) is 6.92 Å². The first kappa shape index (κ1) is 12.3. The van der Waals surface area contributed by atoms with Crippen molar-refractivity contribution in [1.82, 2.24) is 9.88 Å². The molecule has 1 aliphatic heterocycles. The molecule has 0 saturated carbocycles. The van der Waals surface area contributed by atoms with Gasteiger partial charge in [0.05, 0.1) is 17.3 Å². The Bertz CT molecular complexity index is 411. The van der Waals surface area contributed by atoms with Crippen LogP contribution in [0.1, 0.15) is 34.3 Å². The molecule has 0 bridgehead atoms. The van der Waals surface area contributed by atoms with Crippen molar-refractivity contribution in [2.24, 2.45) is 0 Å². The molecule has 17 heavy (non-hydrogen) atoms. The standard InChI is InChI=1S/C11H16N2O3S/c1-7-9(6-14)12-10(17-7)8-2-4-13(5-3-8)11(15)16/h8,14H,2-6H2,1H3,(H,15,16). The van der Waals surface area contributed by atoms with Gasteiger partial charge in [0.1, 0.15) is 0 Å². The molecule has 0 aliphatic carbocycles. The number of nitrogens with zero attached hydrogens (tertiary/aromatic N) is 2. The fourth-order valence-corrected chi connectivity index (χ4v) is 3.19. The second-order valence-electron chi connectivity index (χ2n) is 4.26. The normalized spacial score (nSPS) is 17.4.